The molecule has 1 N–H and O–H groups in total. The average Bonchev–Trinajstić information content (AvgIpc) is 2.51. The summed E-state index contributed by atoms with van der Waals surface area (Å²) < 4.78 is 0. The molecule has 0 aromatic heterocycles. The predicted octanol–water partition coefficient (Wildman–Crippen LogP) is 3.80. The molecule has 22 heavy (non-hydrogen) atoms. The number of carbonyl (C=O) groups is 1. The fraction of sp³-hybridized carbons (Fsp3) is 0.500. The average molecular weight is 305 g/mol. The summed E-state index contributed by atoms with van der Waals surface area (Å²) in [4.78, 5) is 21.9. The first-order valence-corrected chi connectivity index (χ1v) is 7.70. The van der Waals surface area contributed by atoms with Crippen molar-refractivity contribution in [3.05, 3.63) is 39.9 Å². The van der Waals surface area contributed by atoms with Gasteiger partial charge in [0.15, 0.2) is 0 Å². The molecule has 0 aliphatic carbocycles. The fourth-order valence-electron chi connectivity index (χ4n) is 2.06. The van der Waals surface area contributed by atoms with Crippen LogP contribution >= 0.6 is 0 Å². The molecule has 0 radical (unpaired) electrons. The van der Waals surface area contributed by atoms with Crippen molar-refractivity contribution in [2.24, 2.45) is 5.10 Å². The standard InChI is InChI=1S/C16H23N3O3/c1-2-3-4-5-6-7-12-16(20)18-17-13-14-10-8-9-11-15(14)19(21)22/h8-11,13H,2-7,12H2,1H3,(H,18,20). The minimum Gasteiger partial charge on any atom is -0.273 e. The Kier molecular flexibility index (Phi) is 8.49. The largest absolute Gasteiger partial charge is 0.278 e. The van der Waals surface area contributed by atoms with Gasteiger partial charge in [-0.3, -0.25) is 14.9 Å². The molecule has 1 amide bonds. The van der Waals surface area contributed by atoms with Gasteiger partial charge >= 0.3 is 0 Å². The number of nitrogens with one attached hydrogen (secondary N) is 1. The van der Waals surface area contributed by atoms with Crippen LogP contribution in [0.5, 0.6) is 0 Å². The van der Waals surface area contributed by atoms with E-state index in [9.17, 15) is 14.9 Å². The molecular formula is C16H23N3O3. The maximum absolute atomic E-state index is 11.6. The number of amides is 1. The Hall–Kier alpha value is -2.24. The first-order chi connectivity index (χ1) is 10.6. The van der Waals surface area contributed by atoms with Crippen molar-refractivity contribution in [2.75, 3.05) is 0 Å². The number of nitro benzene ring substituents is 1. The highest BCUT2D eigenvalue weighted by Crippen LogP contribution is 2.15. The third kappa shape index (κ3) is 6.97. The third-order valence-electron chi connectivity index (χ3n) is 3.28. The van der Waals surface area contributed by atoms with E-state index in [4.69, 9.17) is 0 Å². The first kappa shape index (κ1) is 17.8. The van der Waals surface area contributed by atoms with E-state index < -0.39 is 4.92 Å². The minimum atomic E-state index is -0.473. The molecule has 0 aliphatic rings. The van der Waals surface area contributed by atoms with Crippen LogP contribution in [-0.4, -0.2) is 17.0 Å². The first-order valence-electron chi connectivity index (χ1n) is 7.70. The van der Waals surface area contributed by atoms with E-state index in [0.717, 1.165) is 19.3 Å². The predicted molar refractivity (Wildman–Crippen MR) is 86.8 cm³/mol. The van der Waals surface area contributed by atoms with Gasteiger partial charge in [-0.05, 0) is 12.5 Å². The van der Waals surface area contributed by atoms with E-state index in [1.54, 1.807) is 18.2 Å². The zero-order valence-corrected chi connectivity index (χ0v) is 13.0. The smallest absolute Gasteiger partial charge is 0.273 e. The number of rotatable bonds is 10. The Morgan fingerprint density at radius 3 is 2.64 bits per heavy atom. The van der Waals surface area contributed by atoms with Crippen LogP contribution in [0.3, 0.4) is 0 Å². The van der Waals surface area contributed by atoms with Gasteiger partial charge in [-0.25, -0.2) is 5.43 Å². The highest BCUT2D eigenvalue weighted by Gasteiger charge is 2.09. The summed E-state index contributed by atoms with van der Waals surface area (Å²) in [5.41, 5.74) is 2.74. The summed E-state index contributed by atoms with van der Waals surface area (Å²) in [6, 6.07) is 6.26. The molecule has 0 unspecified atom stereocenters. The molecule has 0 bridgehead atoms. The topological polar surface area (TPSA) is 84.6 Å². The molecule has 0 spiro atoms. The van der Waals surface area contributed by atoms with Gasteiger partial charge < -0.3 is 0 Å². The van der Waals surface area contributed by atoms with Crippen LogP contribution in [-0.2, 0) is 4.79 Å². The number of benzene rings is 1. The lowest BCUT2D eigenvalue weighted by molar-refractivity contribution is -0.385. The van der Waals surface area contributed by atoms with Gasteiger partial charge in [-0.2, -0.15) is 5.10 Å². The van der Waals surface area contributed by atoms with Gasteiger partial charge in [-0.1, -0.05) is 51.2 Å². The lowest BCUT2D eigenvalue weighted by atomic mass is 10.1. The Morgan fingerprint density at radius 1 is 1.23 bits per heavy atom. The number of nitrogens with zero attached hydrogens (tertiary/aromatic N) is 2. The van der Waals surface area contributed by atoms with E-state index in [2.05, 4.69) is 17.5 Å². The Bertz CT molecular complexity index is 515. The number of carbonyl (C=O) groups excluding carboxylic acids is 1. The van der Waals surface area contributed by atoms with Crippen molar-refractivity contribution in [1.29, 1.82) is 0 Å². The van der Waals surface area contributed by atoms with Gasteiger partial charge in [0.1, 0.15) is 0 Å². The van der Waals surface area contributed by atoms with Crippen LogP contribution in [0.4, 0.5) is 5.69 Å². The number of hydrogen-bond acceptors (Lipinski definition) is 4. The number of hydrogen-bond donors (Lipinski definition) is 1. The van der Waals surface area contributed by atoms with Crippen LogP contribution in [0.15, 0.2) is 29.4 Å². The SMILES string of the molecule is CCCCCCCCC(=O)NN=Cc1ccccc1[N+](=O)[O-]. The van der Waals surface area contributed by atoms with E-state index >= 15 is 0 Å². The summed E-state index contributed by atoms with van der Waals surface area (Å²) in [7, 11) is 0. The molecule has 0 saturated heterocycles. The second kappa shape index (κ2) is 10.5. The molecule has 0 aliphatic heterocycles. The summed E-state index contributed by atoms with van der Waals surface area (Å²) in [5, 5.41) is 14.6. The summed E-state index contributed by atoms with van der Waals surface area (Å²) in [6.45, 7) is 2.17. The van der Waals surface area contributed by atoms with Gasteiger partial charge in [0.2, 0.25) is 5.91 Å². The van der Waals surface area contributed by atoms with Crippen molar-refractivity contribution in [3.8, 4) is 0 Å². The minimum absolute atomic E-state index is 0.0311. The number of para-hydroxylation sites is 1. The number of hydrazone groups is 1. The molecule has 0 fully saturated rings. The van der Waals surface area contributed by atoms with E-state index in [-0.39, 0.29) is 11.6 Å². The van der Waals surface area contributed by atoms with Crippen LogP contribution in [0, 0.1) is 10.1 Å². The fourth-order valence-corrected chi connectivity index (χ4v) is 2.06. The molecule has 0 heterocycles. The van der Waals surface area contributed by atoms with Crippen molar-refractivity contribution in [2.45, 2.75) is 51.9 Å². The van der Waals surface area contributed by atoms with E-state index in [1.807, 2.05) is 0 Å². The van der Waals surface area contributed by atoms with E-state index in [0.29, 0.717) is 12.0 Å². The molecule has 1 aromatic carbocycles. The number of nitro groups is 1. The quantitative estimate of drug-likeness (QED) is 0.309. The van der Waals surface area contributed by atoms with Crippen molar-refractivity contribution >= 4 is 17.8 Å². The summed E-state index contributed by atoms with van der Waals surface area (Å²) in [5.74, 6) is -0.162. The van der Waals surface area contributed by atoms with Crippen LogP contribution in [0.25, 0.3) is 0 Å². The lowest BCUT2D eigenvalue weighted by Gasteiger charge is -2.01. The molecule has 6 heteroatoms. The van der Waals surface area contributed by atoms with E-state index in [1.165, 1.54) is 31.5 Å². The monoisotopic (exact) mass is 305 g/mol. The Balaban J connectivity index is 2.30. The summed E-state index contributed by atoms with van der Waals surface area (Å²) in [6.07, 6.45) is 8.44. The normalized spacial score (nSPS) is 10.8. The van der Waals surface area contributed by atoms with Crippen LogP contribution in [0.2, 0.25) is 0 Å². The van der Waals surface area contributed by atoms with Crippen LogP contribution < -0.4 is 5.43 Å². The van der Waals surface area contributed by atoms with Gasteiger partial charge in [0.25, 0.3) is 5.69 Å². The van der Waals surface area contributed by atoms with Crippen molar-refractivity contribution < 1.29 is 9.72 Å². The lowest BCUT2D eigenvalue weighted by Crippen LogP contribution is -2.17. The Labute approximate surface area is 130 Å². The maximum Gasteiger partial charge on any atom is 0.278 e. The molecule has 0 atom stereocenters. The molecule has 1 aromatic rings. The molecule has 120 valence electrons. The molecule has 0 saturated carbocycles. The number of unbranched alkanes of at least 4 members (excludes halogenated alkanes) is 5. The second-order valence-electron chi connectivity index (χ2n) is 5.13. The highest BCUT2D eigenvalue weighted by atomic mass is 16.6. The highest BCUT2D eigenvalue weighted by molar-refractivity contribution is 5.86. The van der Waals surface area contributed by atoms with Gasteiger partial charge in [0, 0.05) is 12.5 Å². The van der Waals surface area contributed by atoms with Gasteiger partial charge in [-0.15, -0.1) is 0 Å². The molecule has 6 nitrogen and oxygen atoms in total. The Morgan fingerprint density at radius 2 is 1.91 bits per heavy atom. The maximum atomic E-state index is 11.6. The van der Waals surface area contributed by atoms with Crippen molar-refractivity contribution in [1.82, 2.24) is 5.43 Å². The van der Waals surface area contributed by atoms with Crippen LogP contribution in [0.1, 0.15) is 57.4 Å². The molecular weight excluding hydrogens is 282 g/mol. The third-order valence-corrected chi connectivity index (χ3v) is 3.28. The molecule has 1 rings (SSSR count). The van der Waals surface area contributed by atoms with Gasteiger partial charge in [0.05, 0.1) is 16.7 Å². The zero-order chi connectivity index (χ0) is 16.2. The second-order valence-corrected chi connectivity index (χ2v) is 5.13. The summed E-state index contributed by atoms with van der Waals surface area (Å²) >= 11 is 0. The van der Waals surface area contributed by atoms with Crippen molar-refractivity contribution in [3.63, 3.8) is 0 Å². The zero-order valence-electron chi connectivity index (χ0n) is 13.0.